The molecule has 0 aromatic heterocycles. The number of amides is 2. The van der Waals surface area contributed by atoms with E-state index in [1.165, 1.54) is 24.3 Å². The van der Waals surface area contributed by atoms with Gasteiger partial charge in [-0.2, -0.15) is 0 Å². The van der Waals surface area contributed by atoms with Crippen molar-refractivity contribution in [1.82, 2.24) is 5.32 Å². The van der Waals surface area contributed by atoms with Crippen LogP contribution in [0.1, 0.15) is 15.9 Å². The quantitative estimate of drug-likeness (QED) is 0.586. The molecule has 0 atom stereocenters. The topological polar surface area (TPSA) is 70.2 Å². The average Bonchev–Trinajstić information content (AvgIpc) is 2.73. The highest BCUT2D eigenvalue weighted by molar-refractivity contribution is 5.95. The number of anilines is 2. The van der Waals surface area contributed by atoms with Gasteiger partial charge >= 0.3 is 0 Å². The molecule has 0 saturated carbocycles. The number of rotatable bonds is 7. The summed E-state index contributed by atoms with van der Waals surface area (Å²) < 4.78 is 12.9. The third kappa shape index (κ3) is 5.67. The van der Waals surface area contributed by atoms with Gasteiger partial charge in [0.2, 0.25) is 5.91 Å². The van der Waals surface area contributed by atoms with Crippen LogP contribution in [0.5, 0.6) is 0 Å². The molecule has 0 aliphatic heterocycles. The predicted molar refractivity (Wildman–Crippen MR) is 108 cm³/mol. The molecule has 6 heteroatoms. The smallest absolute Gasteiger partial charge is 0.251 e. The van der Waals surface area contributed by atoms with Crippen LogP contribution in [0.3, 0.4) is 0 Å². The average molecular weight is 377 g/mol. The second-order valence-corrected chi connectivity index (χ2v) is 6.15. The molecule has 0 aliphatic rings. The molecular formula is C22H20FN3O2. The predicted octanol–water partition coefficient (Wildman–Crippen LogP) is 3.81. The van der Waals surface area contributed by atoms with Crippen LogP contribution in [-0.4, -0.2) is 18.4 Å². The van der Waals surface area contributed by atoms with Gasteiger partial charge in [0.1, 0.15) is 5.82 Å². The highest BCUT2D eigenvalue weighted by Crippen LogP contribution is 2.11. The molecule has 0 unspecified atom stereocenters. The largest absolute Gasteiger partial charge is 0.376 e. The minimum absolute atomic E-state index is 0.0525. The SMILES string of the molecule is O=C(CNc1ccc(C(=O)NCc2ccccc2)cc1)Nc1ccc(F)cc1. The van der Waals surface area contributed by atoms with E-state index >= 15 is 0 Å². The number of hydrogen-bond acceptors (Lipinski definition) is 3. The van der Waals surface area contributed by atoms with Crippen molar-refractivity contribution >= 4 is 23.2 Å². The molecule has 0 fully saturated rings. The van der Waals surface area contributed by atoms with Crippen LogP contribution in [0.4, 0.5) is 15.8 Å². The number of carbonyl (C=O) groups is 2. The van der Waals surface area contributed by atoms with Crippen molar-refractivity contribution in [3.05, 3.63) is 95.8 Å². The third-order valence-corrected chi connectivity index (χ3v) is 4.02. The Morgan fingerprint density at radius 3 is 2.11 bits per heavy atom. The lowest BCUT2D eigenvalue weighted by Crippen LogP contribution is -2.23. The zero-order chi connectivity index (χ0) is 19.8. The van der Waals surface area contributed by atoms with E-state index in [1.54, 1.807) is 24.3 Å². The maximum atomic E-state index is 12.9. The van der Waals surface area contributed by atoms with E-state index in [4.69, 9.17) is 0 Å². The van der Waals surface area contributed by atoms with E-state index in [1.807, 2.05) is 30.3 Å². The van der Waals surface area contributed by atoms with Crippen LogP contribution >= 0.6 is 0 Å². The first-order valence-electron chi connectivity index (χ1n) is 8.81. The van der Waals surface area contributed by atoms with Crippen molar-refractivity contribution in [2.45, 2.75) is 6.54 Å². The molecule has 3 aromatic carbocycles. The first-order valence-corrected chi connectivity index (χ1v) is 8.81. The summed E-state index contributed by atoms with van der Waals surface area (Å²) in [6, 6.07) is 22.1. The molecule has 0 aliphatic carbocycles. The van der Waals surface area contributed by atoms with Crippen LogP contribution in [-0.2, 0) is 11.3 Å². The lowest BCUT2D eigenvalue weighted by Gasteiger charge is -2.09. The number of carbonyl (C=O) groups excluding carboxylic acids is 2. The Morgan fingerprint density at radius 2 is 1.43 bits per heavy atom. The summed E-state index contributed by atoms with van der Waals surface area (Å²) in [7, 11) is 0. The Morgan fingerprint density at radius 1 is 0.786 bits per heavy atom. The Labute approximate surface area is 162 Å². The first kappa shape index (κ1) is 19.1. The molecule has 28 heavy (non-hydrogen) atoms. The fourth-order valence-electron chi connectivity index (χ4n) is 2.54. The summed E-state index contributed by atoms with van der Waals surface area (Å²) in [4.78, 5) is 24.1. The minimum atomic E-state index is -0.357. The highest BCUT2D eigenvalue weighted by Gasteiger charge is 2.06. The molecule has 0 bridgehead atoms. The van der Waals surface area contributed by atoms with Gasteiger partial charge in [0.05, 0.1) is 6.54 Å². The molecule has 3 aromatic rings. The van der Waals surface area contributed by atoms with Gasteiger partial charge in [0.25, 0.3) is 5.91 Å². The molecule has 0 heterocycles. The second-order valence-electron chi connectivity index (χ2n) is 6.15. The van der Waals surface area contributed by atoms with Crippen LogP contribution in [0, 0.1) is 5.82 Å². The summed E-state index contributed by atoms with van der Waals surface area (Å²) in [5.41, 5.74) is 2.81. The zero-order valence-electron chi connectivity index (χ0n) is 15.1. The van der Waals surface area contributed by atoms with Crippen molar-refractivity contribution in [2.75, 3.05) is 17.2 Å². The molecule has 3 N–H and O–H groups in total. The van der Waals surface area contributed by atoms with E-state index in [0.717, 1.165) is 5.56 Å². The Bertz CT molecular complexity index is 926. The van der Waals surface area contributed by atoms with E-state index in [9.17, 15) is 14.0 Å². The molecule has 2 amide bonds. The number of halogens is 1. The summed E-state index contributed by atoms with van der Waals surface area (Å²) in [5, 5.41) is 8.52. The van der Waals surface area contributed by atoms with E-state index in [-0.39, 0.29) is 24.2 Å². The van der Waals surface area contributed by atoms with Gasteiger partial charge in [0, 0.05) is 23.5 Å². The molecule has 5 nitrogen and oxygen atoms in total. The maximum Gasteiger partial charge on any atom is 0.251 e. The van der Waals surface area contributed by atoms with Crippen LogP contribution in [0.2, 0.25) is 0 Å². The summed E-state index contributed by atoms with van der Waals surface area (Å²) in [6.07, 6.45) is 0. The van der Waals surface area contributed by atoms with Gasteiger partial charge in [-0.05, 0) is 54.1 Å². The minimum Gasteiger partial charge on any atom is -0.376 e. The molecule has 0 radical (unpaired) electrons. The van der Waals surface area contributed by atoms with Gasteiger partial charge in [0.15, 0.2) is 0 Å². The van der Waals surface area contributed by atoms with Crippen molar-refractivity contribution in [3.63, 3.8) is 0 Å². The highest BCUT2D eigenvalue weighted by atomic mass is 19.1. The maximum absolute atomic E-state index is 12.9. The van der Waals surface area contributed by atoms with E-state index in [2.05, 4.69) is 16.0 Å². The van der Waals surface area contributed by atoms with E-state index < -0.39 is 0 Å². The molecule has 0 spiro atoms. The summed E-state index contributed by atoms with van der Waals surface area (Å²) >= 11 is 0. The number of hydrogen-bond donors (Lipinski definition) is 3. The summed E-state index contributed by atoms with van der Waals surface area (Å²) in [6.45, 7) is 0.514. The van der Waals surface area contributed by atoms with Crippen LogP contribution in [0.15, 0.2) is 78.9 Å². The van der Waals surface area contributed by atoms with Crippen molar-refractivity contribution < 1.29 is 14.0 Å². The van der Waals surface area contributed by atoms with Gasteiger partial charge in [-0.1, -0.05) is 30.3 Å². The molecule has 3 rings (SSSR count). The Balaban J connectivity index is 1.46. The fraction of sp³-hybridized carbons (Fsp3) is 0.0909. The normalized spacial score (nSPS) is 10.2. The first-order chi connectivity index (χ1) is 13.6. The molecular weight excluding hydrogens is 357 g/mol. The van der Waals surface area contributed by atoms with Crippen LogP contribution in [0.25, 0.3) is 0 Å². The lowest BCUT2D eigenvalue weighted by molar-refractivity contribution is -0.114. The third-order valence-electron chi connectivity index (χ3n) is 4.02. The molecule has 0 saturated heterocycles. The van der Waals surface area contributed by atoms with E-state index in [0.29, 0.717) is 23.5 Å². The molecule has 142 valence electrons. The second kappa shape index (κ2) is 9.32. The van der Waals surface area contributed by atoms with Crippen molar-refractivity contribution in [2.24, 2.45) is 0 Å². The van der Waals surface area contributed by atoms with Crippen LogP contribution < -0.4 is 16.0 Å². The lowest BCUT2D eigenvalue weighted by atomic mass is 10.1. The van der Waals surface area contributed by atoms with Gasteiger partial charge in [-0.25, -0.2) is 4.39 Å². The van der Waals surface area contributed by atoms with Crippen molar-refractivity contribution in [1.29, 1.82) is 0 Å². The fourth-order valence-corrected chi connectivity index (χ4v) is 2.54. The van der Waals surface area contributed by atoms with Gasteiger partial charge in [-0.15, -0.1) is 0 Å². The standard InChI is InChI=1S/C22H20FN3O2/c23-18-8-12-20(13-9-18)26-21(27)15-24-19-10-6-17(7-11-19)22(28)25-14-16-4-2-1-3-5-16/h1-13,24H,14-15H2,(H,25,28)(H,26,27). The van der Waals surface area contributed by atoms with Gasteiger partial charge in [-0.3, -0.25) is 9.59 Å². The Hall–Kier alpha value is -3.67. The number of benzene rings is 3. The summed E-state index contributed by atoms with van der Waals surface area (Å²) in [5.74, 6) is -0.773. The number of nitrogens with one attached hydrogen (secondary N) is 3. The zero-order valence-corrected chi connectivity index (χ0v) is 15.1. The Kier molecular flexibility index (Phi) is 6.36. The monoisotopic (exact) mass is 377 g/mol. The van der Waals surface area contributed by atoms with Gasteiger partial charge < -0.3 is 16.0 Å². The van der Waals surface area contributed by atoms with Crippen molar-refractivity contribution in [3.8, 4) is 0 Å².